The third-order valence-electron chi connectivity index (χ3n) is 6.31. The van der Waals surface area contributed by atoms with Gasteiger partial charge >= 0.3 is 12.1 Å². The van der Waals surface area contributed by atoms with Gasteiger partial charge < -0.3 is 30.3 Å². The molecule has 42 heavy (non-hydrogen) atoms. The minimum Gasteiger partial charge on any atom is -0.457 e. The van der Waals surface area contributed by atoms with E-state index in [0.29, 0.717) is 59.1 Å². The zero-order chi connectivity index (χ0) is 30.3. The highest BCUT2D eigenvalue weighted by molar-refractivity contribution is 14.1. The minimum absolute atomic E-state index is 0.162. The number of anilines is 3. The first-order valence-corrected chi connectivity index (χ1v) is 15.0. The predicted octanol–water partition coefficient (Wildman–Crippen LogP) is 7.18. The fourth-order valence-electron chi connectivity index (χ4n) is 4.24. The molecule has 0 radical (unpaired) electrons. The summed E-state index contributed by atoms with van der Waals surface area (Å²) in [6, 6.07) is 13.6. The van der Waals surface area contributed by atoms with Gasteiger partial charge in [0.25, 0.3) is 0 Å². The van der Waals surface area contributed by atoms with Crippen LogP contribution in [0.3, 0.4) is 0 Å². The van der Waals surface area contributed by atoms with Crippen molar-refractivity contribution in [3.05, 3.63) is 72.2 Å². The lowest BCUT2D eigenvalue weighted by Gasteiger charge is -2.32. The van der Waals surface area contributed by atoms with E-state index in [-0.39, 0.29) is 23.7 Å². The van der Waals surface area contributed by atoms with Crippen LogP contribution >= 0.6 is 22.6 Å². The van der Waals surface area contributed by atoms with Crippen LogP contribution in [0.1, 0.15) is 39.2 Å². The molecular weight excluding hydrogens is 656 g/mol. The van der Waals surface area contributed by atoms with E-state index in [0.717, 1.165) is 5.56 Å². The fourth-order valence-corrected chi connectivity index (χ4v) is 4.87. The van der Waals surface area contributed by atoms with Crippen molar-refractivity contribution in [1.82, 2.24) is 9.88 Å². The Morgan fingerprint density at radius 2 is 1.67 bits per heavy atom. The molecule has 12 heteroatoms. The molecule has 1 aromatic heterocycles. The zero-order valence-electron chi connectivity index (χ0n) is 23.6. The molecule has 3 aromatic rings. The molecule has 2 aromatic carbocycles. The molecule has 4 rings (SSSR count). The van der Waals surface area contributed by atoms with Gasteiger partial charge in [0.05, 0.1) is 0 Å². The second-order valence-electron chi connectivity index (χ2n) is 10.7. The molecule has 0 unspecified atom stereocenters. The number of likely N-dealkylation sites (tertiary alicyclic amines) is 1. The molecule has 2 heterocycles. The standard InChI is InChI=1S/C30H33FIN5O5/c1-30(2,3)42-29(40)37-14-11-19(12-15-37)27(38)36-26-17-24(10-13-33-26)41-23-8-9-25(20(16-23)18-32)35-28(39)34-22-6-4-21(31)5-7-22/h4-10,13,16-17,19H,11-12,14-15,18H2,1-3H3,(H,33,36,38)(H2,34,35,39). The lowest BCUT2D eigenvalue weighted by atomic mass is 9.96. The number of amides is 4. The summed E-state index contributed by atoms with van der Waals surface area (Å²) < 4.78 is 25.2. The van der Waals surface area contributed by atoms with Crippen LogP contribution in [0.4, 0.5) is 31.2 Å². The van der Waals surface area contributed by atoms with E-state index in [1.165, 1.54) is 24.3 Å². The molecule has 1 aliphatic rings. The lowest BCUT2D eigenvalue weighted by molar-refractivity contribution is -0.121. The van der Waals surface area contributed by atoms with Gasteiger partial charge in [-0.15, -0.1) is 0 Å². The number of pyridine rings is 1. The summed E-state index contributed by atoms with van der Waals surface area (Å²) in [5.41, 5.74) is 1.35. The summed E-state index contributed by atoms with van der Waals surface area (Å²) in [4.78, 5) is 43.5. The quantitative estimate of drug-likeness (QED) is 0.179. The third kappa shape index (κ3) is 9.03. The Morgan fingerprint density at radius 3 is 2.33 bits per heavy atom. The molecular formula is C30H33FIN5O5. The SMILES string of the molecule is CC(C)(C)OC(=O)N1CCC(C(=O)Nc2cc(Oc3ccc(NC(=O)Nc4ccc(F)cc4)c(CI)c3)ccn2)CC1. The fraction of sp³-hybridized carbons (Fsp3) is 0.333. The van der Waals surface area contributed by atoms with Gasteiger partial charge in [-0.05, 0) is 87.7 Å². The zero-order valence-corrected chi connectivity index (χ0v) is 25.7. The summed E-state index contributed by atoms with van der Waals surface area (Å²) in [5.74, 6) is 0.590. The Labute approximate surface area is 257 Å². The largest absolute Gasteiger partial charge is 0.457 e. The number of hydrogen-bond donors (Lipinski definition) is 3. The number of halogens is 2. The molecule has 1 fully saturated rings. The number of hydrogen-bond acceptors (Lipinski definition) is 6. The number of aromatic nitrogens is 1. The van der Waals surface area contributed by atoms with Gasteiger partial charge in [0, 0.05) is 47.1 Å². The van der Waals surface area contributed by atoms with Crippen molar-refractivity contribution in [2.75, 3.05) is 29.0 Å². The highest BCUT2D eigenvalue weighted by atomic mass is 127. The van der Waals surface area contributed by atoms with Crippen LogP contribution in [0.15, 0.2) is 60.8 Å². The topological polar surface area (TPSA) is 122 Å². The molecule has 3 N–H and O–H groups in total. The molecule has 4 amide bonds. The Hall–Kier alpha value is -3.94. The number of rotatable bonds is 7. The Kier molecular flexibility index (Phi) is 10.2. The van der Waals surface area contributed by atoms with Gasteiger partial charge in [-0.3, -0.25) is 4.79 Å². The molecule has 1 saturated heterocycles. The minimum atomic E-state index is -0.566. The van der Waals surface area contributed by atoms with E-state index >= 15 is 0 Å². The first-order valence-electron chi connectivity index (χ1n) is 13.4. The maximum Gasteiger partial charge on any atom is 0.410 e. The maximum atomic E-state index is 13.1. The van der Waals surface area contributed by atoms with E-state index < -0.39 is 11.6 Å². The summed E-state index contributed by atoms with van der Waals surface area (Å²) in [6.45, 7) is 6.36. The van der Waals surface area contributed by atoms with Crippen LogP contribution in [-0.2, 0) is 14.0 Å². The van der Waals surface area contributed by atoms with Crippen LogP contribution in [0, 0.1) is 11.7 Å². The number of ether oxygens (including phenoxy) is 2. The second-order valence-corrected chi connectivity index (χ2v) is 11.5. The molecule has 0 aliphatic carbocycles. The van der Waals surface area contributed by atoms with Crippen molar-refractivity contribution < 1.29 is 28.2 Å². The van der Waals surface area contributed by atoms with E-state index in [4.69, 9.17) is 9.47 Å². The van der Waals surface area contributed by atoms with Crippen molar-refractivity contribution in [1.29, 1.82) is 0 Å². The number of nitrogens with zero attached hydrogens (tertiary/aromatic N) is 2. The molecule has 10 nitrogen and oxygen atoms in total. The van der Waals surface area contributed by atoms with Gasteiger partial charge in [-0.2, -0.15) is 0 Å². The van der Waals surface area contributed by atoms with Gasteiger partial charge in [0.1, 0.15) is 28.7 Å². The number of carbonyl (C=O) groups is 3. The van der Waals surface area contributed by atoms with E-state index in [2.05, 4.69) is 43.5 Å². The average molecular weight is 690 g/mol. The van der Waals surface area contributed by atoms with Gasteiger partial charge in [0.2, 0.25) is 5.91 Å². The molecule has 0 atom stereocenters. The Balaban J connectivity index is 1.32. The van der Waals surface area contributed by atoms with Gasteiger partial charge in [0.15, 0.2) is 0 Å². The highest BCUT2D eigenvalue weighted by Crippen LogP contribution is 2.29. The molecule has 222 valence electrons. The molecule has 1 aliphatic heterocycles. The van der Waals surface area contributed by atoms with Crippen molar-refractivity contribution in [3.63, 3.8) is 0 Å². The number of carbonyl (C=O) groups excluding carboxylic acids is 3. The van der Waals surface area contributed by atoms with Crippen LogP contribution in [0.2, 0.25) is 0 Å². The third-order valence-corrected chi connectivity index (χ3v) is 7.13. The summed E-state index contributed by atoms with van der Waals surface area (Å²) in [6.07, 6.45) is 2.24. The summed E-state index contributed by atoms with van der Waals surface area (Å²) in [5, 5.41) is 8.33. The van der Waals surface area contributed by atoms with Crippen molar-refractivity contribution in [3.8, 4) is 11.5 Å². The first kappa shape index (κ1) is 31.0. The van der Waals surface area contributed by atoms with E-state index in [1.807, 2.05) is 26.8 Å². The lowest BCUT2D eigenvalue weighted by Crippen LogP contribution is -2.43. The second kappa shape index (κ2) is 13.8. The first-order chi connectivity index (χ1) is 20.0. The molecule has 0 bridgehead atoms. The number of benzene rings is 2. The van der Waals surface area contributed by atoms with Crippen LogP contribution in [0.5, 0.6) is 11.5 Å². The predicted molar refractivity (Wildman–Crippen MR) is 167 cm³/mol. The normalized spacial score (nSPS) is 13.7. The average Bonchev–Trinajstić information content (AvgIpc) is 2.94. The number of urea groups is 1. The van der Waals surface area contributed by atoms with Crippen LogP contribution in [0.25, 0.3) is 0 Å². The van der Waals surface area contributed by atoms with Crippen molar-refractivity contribution in [2.24, 2.45) is 5.92 Å². The Bertz CT molecular complexity index is 1420. The molecule has 0 spiro atoms. The van der Waals surface area contributed by atoms with Crippen molar-refractivity contribution in [2.45, 2.75) is 43.6 Å². The highest BCUT2D eigenvalue weighted by Gasteiger charge is 2.30. The summed E-state index contributed by atoms with van der Waals surface area (Å²) in [7, 11) is 0. The van der Waals surface area contributed by atoms with Gasteiger partial charge in [-0.1, -0.05) is 22.6 Å². The summed E-state index contributed by atoms with van der Waals surface area (Å²) >= 11 is 2.20. The van der Waals surface area contributed by atoms with E-state index in [9.17, 15) is 18.8 Å². The number of nitrogens with one attached hydrogen (secondary N) is 3. The van der Waals surface area contributed by atoms with E-state index in [1.54, 1.807) is 35.4 Å². The van der Waals surface area contributed by atoms with Crippen LogP contribution < -0.4 is 20.7 Å². The maximum absolute atomic E-state index is 13.1. The smallest absolute Gasteiger partial charge is 0.410 e. The van der Waals surface area contributed by atoms with Gasteiger partial charge in [-0.25, -0.2) is 19.0 Å². The molecule has 0 saturated carbocycles. The van der Waals surface area contributed by atoms with Crippen molar-refractivity contribution >= 4 is 57.8 Å². The Morgan fingerprint density at radius 1 is 0.976 bits per heavy atom. The number of alkyl halides is 1. The number of piperidine rings is 1. The monoisotopic (exact) mass is 689 g/mol. The van der Waals surface area contributed by atoms with Crippen LogP contribution in [-0.4, -0.2) is 46.6 Å².